The van der Waals surface area contributed by atoms with Crippen LogP contribution in [-0.2, 0) is 36.6 Å². The van der Waals surface area contributed by atoms with E-state index in [0.717, 1.165) is 30.7 Å². The molecule has 0 radical (unpaired) electrons. The number of tetrazole rings is 1. The van der Waals surface area contributed by atoms with Crippen molar-refractivity contribution in [1.82, 2.24) is 20.2 Å². The fourth-order valence-corrected chi connectivity index (χ4v) is 7.60. The lowest BCUT2D eigenvalue weighted by molar-refractivity contribution is 0.0279. The summed E-state index contributed by atoms with van der Waals surface area (Å²) in [5, 5.41) is 17.9. The minimum Gasteiger partial charge on any atom is -0.371 e. The van der Waals surface area contributed by atoms with E-state index in [0.29, 0.717) is 41.3 Å². The summed E-state index contributed by atoms with van der Waals surface area (Å²) >= 11 is 0. The fraction of sp³-hybridized carbons (Fsp3) is 0.696. The predicted molar refractivity (Wildman–Crippen MR) is 120 cm³/mol. The number of aromatic nitrogens is 4. The highest BCUT2D eigenvalue weighted by Crippen LogP contribution is 2.63. The molecule has 2 saturated carbocycles. The lowest BCUT2D eigenvalue weighted by Crippen LogP contribution is -2.42. The van der Waals surface area contributed by atoms with Gasteiger partial charge in [-0.15, -0.1) is 10.2 Å². The van der Waals surface area contributed by atoms with Gasteiger partial charge >= 0.3 is 10.3 Å². The summed E-state index contributed by atoms with van der Waals surface area (Å²) in [4.78, 5) is 1.55. The van der Waals surface area contributed by atoms with Crippen molar-refractivity contribution in [3.63, 3.8) is 0 Å². The molecule has 2 aromatic rings. The number of nitrogens with two attached hydrogens (primary N) is 1. The molecule has 1 aromatic heterocycles. The van der Waals surface area contributed by atoms with Crippen LogP contribution < -0.4 is 9.32 Å². The number of hydrogen-bond acceptors (Lipinski definition) is 6. The number of benzene rings is 1. The highest BCUT2D eigenvalue weighted by atomic mass is 32.2. The number of hydrogen-bond donors (Lipinski definition) is 1. The zero-order chi connectivity index (χ0) is 22.7. The van der Waals surface area contributed by atoms with Gasteiger partial charge < -0.3 is 4.18 Å². The van der Waals surface area contributed by atoms with Crippen molar-refractivity contribution in [2.45, 2.75) is 71.1 Å². The second kappa shape index (κ2) is 7.80. The Labute approximate surface area is 190 Å². The van der Waals surface area contributed by atoms with E-state index in [4.69, 9.17) is 9.32 Å². The highest BCUT2D eigenvalue weighted by Gasteiger charge is 2.54. The first-order valence-electron chi connectivity index (χ1n) is 11.8. The fourth-order valence-electron chi connectivity index (χ4n) is 7.19. The lowest BCUT2D eigenvalue weighted by Gasteiger charge is -2.51. The maximum atomic E-state index is 11.5. The van der Waals surface area contributed by atoms with Crippen molar-refractivity contribution in [3.05, 3.63) is 34.6 Å². The van der Waals surface area contributed by atoms with Gasteiger partial charge in [-0.05, 0) is 102 Å². The number of nitrogens with zero attached hydrogens (tertiary/aromatic N) is 4. The Kier molecular flexibility index (Phi) is 5.32. The Bertz CT molecular complexity index is 1130. The molecule has 1 aromatic carbocycles. The first kappa shape index (κ1) is 21.8. The monoisotopic (exact) mass is 459 g/mol. The average molecular weight is 460 g/mol. The molecule has 8 nitrogen and oxygen atoms in total. The second-order valence-electron chi connectivity index (χ2n) is 10.2. The maximum Gasteiger partial charge on any atom is 0.380 e. The van der Waals surface area contributed by atoms with E-state index in [-0.39, 0.29) is 0 Å². The molecular weight excluding hydrogens is 426 g/mol. The average Bonchev–Trinajstić information content (AvgIpc) is 3.29. The molecule has 32 heavy (non-hydrogen) atoms. The predicted octanol–water partition coefficient (Wildman–Crippen LogP) is 3.07. The molecule has 5 rings (SSSR count). The van der Waals surface area contributed by atoms with Crippen LogP contribution in [-0.4, -0.2) is 28.6 Å². The van der Waals surface area contributed by atoms with Gasteiger partial charge in [-0.2, -0.15) is 18.4 Å². The molecule has 0 unspecified atom stereocenters. The van der Waals surface area contributed by atoms with E-state index >= 15 is 0 Å². The Morgan fingerprint density at radius 3 is 2.75 bits per heavy atom. The van der Waals surface area contributed by atoms with Crippen molar-refractivity contribution in [2.24, 2.45) is 35.4 Å². The van der Waals surface area contributed by atoms with E-state index in [1.165, 1.54) is 36.8 Å². The smallest absolute Gasteiger partial charge is 0.371 e. The Balaban J connectivity index is 1.41. The van der Waals surface area contributed by atoms with Gasteiger partial charge in [0.2, 0.25) is 0 Å². The third-order valence-corrected chi connectivity index (χ3v) is 9.08. The molecule has 174 valence electrons. The second-order valence-corrected chi connectivity index (χ2v) is 11.4. The van der Waals surface area contributed by atoms with Crippen LogP contribution in [0.2, 0.25) is 0 Å². The van der Waals surface area contributed by atoms with Crippen molar-refractivity contribution in [1.29, 1.82) is 0 Å². The molecule has 3 aliphatic rings. The van der Waals surface area contributed by atoms with Crippen molar-refractivity contribution in [3.8, 4) is 5.75 Å². The van der Waals surface area contributed by atoms with E-state index < -0.39 is 10.3 Å². The topological polar surface area (TPSA) is 113 Å². The summed E-state index contributed by atoms with van der Waals surface area (Å²) in [6.45, 7) is 4.52. The largest absolute Gasteiger partial charge is 0.380 e. The van der Waals surface area contributed by atoms with Gasteiger partial charge in [0.15, 0.2) is 5.82 Å². The minimum atomic E-state index is -4.03. The van der Waals surface area contributed by atoms with E-state index in [1.807, 2.05) is 20.0 Å². The molecule has 3 aliphatic carbocycles. The van der Waals surface area contributed by atoms with Crippen LogP contribution in [0, 0.1) is 23.2 Å². The molecule has 0 spiro atoms. The van der Waals surface area contributed by atoms with Gasteiger partial charge in [0.1, 0.15) is 5.75 Å². The van der Waals surface area contributed by atoms with Crippen LogP contribution in [0.25, 0.3) is 0 Å². The maximum absolute atomic E-state index is 11.5. The van der Waals surface area contributed by atoms with Crippen LogP contribution in [0.1, 0.15) is 74.4 Å². The molecule has 9 heteroatoms. The van der Waals surface area contributed by atoms with Gasteiger partial charge in [0.05, 0.1) is 7.05 Å². The van der Waals surface area contributed by atoms with E-state index in [1.54, 1.807) is 4.80 Å². The van der Waals surface area contributed by atoms with Crippen LogP contribution in [0.5, 0.6) is 5.75 Å². The molecule has 0 saturated heterocycles. The summed E-state index contributed by atoms with van der Waals surface area (Å²) in [5.41, 5.74) is 3.87. The van der Waals surface area contributed by atoms with E-state index in [2.05, 4.69) is 28.4 Å². The van der Waals surface area contributed by atoms with Gasteiger partial charge in [-0.3, -0.25) is 0 Å². The molecule has 2 fully saturated rings. The van der Waals surface area contributed by atoms with Crippen LogP contribution in [0.3, 0.4) is 0 Å². The van der Waals surface area contributed by atoms with Gasteiger partial charge in [-0.1, -0.05) is 19.9 Å². The summed E-state index contributed by atoms with van der Waals surface area (Å²) in [6.07, 6.45) is 8.63. The zero-order valence-electron chi connectivity index (χ0n) is 19.1. The minimum absolute atomic E-state index is 0.322. The quantitative estimate of drug-likeness (QED) is 0.735. The third-order valence-electron chi connectivity index (χ3n) is 8.67. The molecule has 1 heterocycles. The number of fused-ring (bicyclic) bond motifs is 5. The Morgan fingerprint density at radius 2 is 2.06 bits per heavy atom. The molecular formula is C23H33N5O3S. The summed E-state index contributed by atoms with van der Waals surface area (Å²) in [6, 6.07) is 4.13. The standard InChI is InChI=1S/C23H33N5O3S/c1-4-14-11-19-15(12-21(14)31-32(24,29)30)5-7-18-17(19)9-10-23(2)16(6-8-20(18)23)13-22-25-27-28(3)26-22/h11-12,16-18,20H,4-10,13H2,1-3H3,(H2,24,29,30)/t16-,17+,18-,20+,23-/m1/s1. The van der Waals surface area contributed by atoms with E-state index in [9.17, 15) is 8.42 Å². The highest BCUT2D eigenvalue weighted by molar-refractivity contribution is 7.84. The van der Waals surface area contributed by atoms with Crippen LogP contribution >= 0.6 is 0 Å². The third kappa shape index (κ3) is 3.73. The van der Waals surface area contributed by atoms with Gasteiger partial charge in [0.25, 0.3) is 0 Å². The Morgan fingerprint density at radius 1 is 1.25 bits per heavy atom. The number of aryl methyl sites for hydroxylation is 3. The van der Waals surface area contributed by atoms with Crippen molar-refractivity contribution >= 4 is 10.3 Å². The molecule has 0 amide bonds. The van der Waals surface area contributed by atoms with Crippen molar-refractivity contribution < 1.29 is 12.6 Å². The summed E-state index contributed by atoms with van der Waals surface area (Å²) in [5.74, 6) is 3.79. The Hall–Kier alpha value is -2.00. The molecule has 0 bridgehead atoms. The lowest BCUT2D eigenvalue weighted by atomic mass is 9.54. The summed E-state index contributed by atoms with van der Waals surface area (Å²) in [7, 11) is -2.20. The molecule has 2 N–H and O–H groups in total. The van der Waals surface area contributed by atoms with Crippen LogP contribution in [0.15, 0.2) is 12.1 Å². The van der Waals surface area contributed by atoms with Gasteiger partial charge in [-0.25, -0.2) is 0 Å². The first-order chi connectivity index (χ1) is 15.2. The molecule has 5 atom stereocenters. The SMILES string of the molecule is CCc1cc2c(cc1OS(N)(=O)=O)CC[C@@H]1[C@@H]2CC[C@]2(C)[C@@H](Cc3nnn(C)n3)CC[C@@H]12. The first-order valence-corrected chi connectivity index (χ1v) is 13.3. The van der Waals surface area contributed by atoms with Crippen molar-refractivity contribution in [2.75, 3.05) is 0 Å². The summed E-state index contributed by atoms with van der Waals surface area (Å²) < 4.78 is 28.2. The molecule has 0 aliphatic heterocycles. The van der Waals surface area contributed by atoms with Crippen LogP contribution in [0.4, 0.5) is 0 Å². The number of rotatable bonds is 5. The van der Waals surface area contributed by atoms with Gasteiger partial charge in [0, 0.05) is 6.42 Å². The zero-order valence-corrected chi connectivity index (χ0v) is 19.9. The normalized spacial score (nSPS) is 31.6.